The zero-order chi connectivity index (χ0) is 15.7. The number of amides is 1. The van der Waals surface area contributed by atoms with Crippen LogP contribution in [0.15, 0.2) is 35.6 Å². The van der Waals surface area contributed by atoms with Gasteiger partial charge in [0.1, 0.15) is 5.82 Å². The molecular weight excluding hydrogens is 277 g/mol. The minimum absolute atomic E-state index is 0.0686. The summed E-state index contributed by atoms with van der Waals surface area (Å²) in [4.78, 5) is 25.0. The van der Waals surface area contributed by atoms with Gasteiger partial charge in [-0.1, -0.05) is 12.1 Å². The van der Waals surface area contributed by atoms with Gasteiger partial charge in [-0.15, -0.1) is 0 Å². The standard InChI is InChI=1S/C15H16FNO4/c1-8(18)7-17-13(10-4-3-5-11(16)6-10)12(9(2)19)14(20)15(17)21/h3-6,8,13,18,20H,7H2,1-2H3/t8-,13-/m0/s1. The van der Waals surface area contributed by atoms with Crippen LogP contribution in [-0.2, 0) is 9.59 Å². The summed E-state index contributed by atoms with van der Waals surface area (Å²) in [6.45, 7) is 2.65. The van der Waals surface area contributed by atoms with E-state index in [0.717, 1.165) is 0 Å². The smallest absolute Gasteiger partial charge is 0.290 e. The van der Waals surface area contributed by atoms with E-state index in [-0.39, 0.29) is 12.1 Å². The van der Waals surface area contributed by atoms with Crippen LogP contribution in [0.1, 0.15) is 25.5 Å². The van der Waals surface area contributed by atoms with Crippen molar-refractivity contribution in [3.63, 3.8) is 0 Å². The van der Waals surface area contributed by atoms with Crippen molar-refractivity contribution in [3.8, 4) is 0 Å². The molecule has 1 aromatic rings. The first kappa shape index (κ1) is 15.2. The molecule has 0 saturated carbocycles. The molecule has 21 heavy (non-hydrogen) atoms. The van der Waals surface area contributed by atoms with Crippen LogP contribution >= 0.6 is 0 Å². The van der Waals surface area contributed by atoms with Gasteiger partial charge in [-0.3, -0.25) is 9.59 Å². The topological polar surface area (TPSA) is 77.8 Å². The number of nitrogens with zero attached hydrogens (tertiary/aromatic N) is 1. The van der Waals surface area contributed by atoms with Crippen molar-refractivity contribution in [2.45, 2.75) is 26.0 Å². The van der Waals surface area contributed by atoms with E-state index in [9.17, 15) is 24.2 Å². The molecule has 1 amide bonds. The predicted molar refractivity (Wildman–Crippen MR) is 72.9 cm³/mol. The van der Waals surface area contributed by atoms with E-state index < -0.39 is 35.4 Å². The van der Waals surface area contributed by atoms with E-state index in [4.69, 9.17) is 0 Å². The quantitative estimate of drug-likeness (QED) is 0.881. The van der Waals surface area contributed by atoms with Crippen molar-refractivity contribution in [1.82, 2.24) is 4.90 Å². The number of carbonyl (C=O) groups is 2. The Balaban J connectivity index is 2.54. The summed E-state index contributed by atoms with van der Waals surface area (Å²) in [6, 6.07) is 4.59. The first-order valence-electron chi connectivity index (χ1n) is 6.51. The highest BCUT2D eigenvalue weighted by Gasteiger charge is 2.42. The summed E-state index contributed by atoms with van der Waals surface area (Å²) in [7, 11) is 0. The van der Waals surface area contributed by atoms with Gasteiger partial charge in [-0.25, -0.2) is 4.39 Å². The van der Waals surface area contributed by atoms with Gasteiger partial charge >= 0.3 is 0 Å². The lowest BCUT2D eigenvalue weighted by molar-refractivity contribution is -0.130. The Morgan fingerprint density at radius 2 is 2.14 bits per heavy atom. The molecule has 1 aliphatic heterocycles. The maximum atomic E-state index is 13.4. The molecule has 0 bridgehead atoms. The second-order valence-electron chi connectivity index (χ2n) is 5.08. The van der Waals surface area contributed by atoms with E-state index in [1.807, 2.05) is 0 Å². The lowest BCUT2D eigenvalue weighted by atomic mass is 9.96. The molecule has 1 aliphatic rings. The number of aliphatic hydroxyl groups excluding tert-OH is 2. The van der Waals surface area contributed by atoms with Crippen LogP contribution in [-0.4, -0.2) is 39.5 Å². The average Bonchev–Trinajstić information content (AvgIpc) is 2.63. The molecule has 0 aliphatic carbocycles. The number of rotatable bonds is 4. The van der Waals surface area contributed by atoms with Crippen molar-refractivity contribution in [2.75, 3.05) is 6.54 Å². The zero-order valence-electron chi connectivity index (χ0n) is 11.7. The number of halogens is 1. The minimum Gasteiger partial charge on any atom is -0.503 e. The average molecular weight is 293 g/mol. The zero-order valence-corrected chi connectivity index (χ0v) is 11.7. The summed E-state index contributed by atoms with van der Waals surface area (Å²) < 4.78 is 13.4. The Labute approximate surface area is 121 Å². The van der Waals surface area contributed by atoms with E-state index >= 15 is 0 Å². The number of aliphatic hydroxyl groups is 2. The molecule has 2 rings (SSSR count). The van der Waals surface area contributed by atoms with Crippen LogP contribution in [0.4, 0.5) is 4.39 Å². The van der Waals surface area contributed by atoms with Gasteiger partial charge in [0.25, 0.3) is 5.91 Å². The van der Waals surface area contributed by atoms with Crippen molar-refractivity contribution in [1.29, 1.82) is 0 Å². The van der Waals surface area contributed by atoms with E-state index in [1.165, 1.54) is 36.9 Å². The number of hydrogen-bond acceptors (Lipinski definition) is 4. The molecule has 0 saturated heterocycles. The molecule has 0 spiro atoms. The SMILES string of the molecule is CC(=O)C1=C(O)C(=O)N(C[C@H](C)O)[C@H]1c1cccc(F)c1. The second kappa shape index (κ2) is 5.65. The van der Waals surface area contributed by atoms with Crippen LogP contribution < -0.4 is 0 Å². The van der Waals surface area contributed by atoms with Gasteiger partial charge in [0, 0.05) is 6.54 Å². The first-order valence-corrected chi connectivity index (χ1v) is 6.51. The fourth-order valence-corrected chi connectivity index (χ4v) is 2.51. The minimum atomic E-state index is -0.889. The van der Waals surface area contributed by atoms with Crippen molar-refractivity contribution in [2.24, 2.45) is 0 Å². The molecule has 1 heterocycles. The summed E-state index contributed by atoms with van der Waals surface area (Å²) in [5.41, 5.74) is 0.296. The third-order valence-corrected chi connectivity index (χ3v) is 3.31. The molecule has 0 unspecified atom stereocenters. The monoisotopic (exact) mass is 293 g/mol. The van der Waals surface area contributed by atoms with E-state index in [0.29, 0.717) is 5.56 Å². The number of benzene rings is 1. The maximum absolute atomic E-state index is 13.4. The van der Waals surface area contributed by atoms with Gasteiger partial charge in [-0.05, 0) is 31.5 Å². The molecule has 2 N–H and O–H groups in total. The van der Waals surface area contributed by atoms with Crippen LogP contribution in [0.5, 0.6) is 0 Å². The molecule has 0 aromatic heterocycles. The van der Waals surface area contributed by atoms with Gasteiger partial charge in [0.15, 0.2) is 11.5 Å². The number of Topliss-reactive ketones (excluding diaryl/α,β-unsaturated/α-hetero) is 1. The van der Waals surface area contributed by atoms with Gasteiger partial charge in [-0.2, -0.15) is 0 Å². The molecule has 6 heteroatoms. The molecule has 0 fully saturated rings. The molecule has 2 atom stereocenters. The third-order valence-electron chi connectivity index (χ3n) is 3.31. The summed E-state index contributed by atoms with van der Waals surface area (Å²) >= 11 is 0. The second-order valence-corrected chi connectivity index (χ2v) is 5.08. The van der Waals surface area contributed by atoms with Crippen LogP contribution in [0.2, 0.25) is 0 Å². The Kier molecular flexibility index (Phi) is 4.09. The van der Waals surface area contributed by atoms with Crippen LogP contribution in [0, 0.1) is 5.82 Å². The fraction of sp³-hybridized carbons (Fsp3) is 0.333. The Hall–Kier alpha value is -2.21. The van der Waals surface area contributed by atoms with E-state index in [1.54, 1.807) is 6.07 Å². The first-order chi connectivity index (χ1) is 9.82. The van der Waals surface area contributed by atoms with Gasteiger partial charge in [0.05, 0.1) is 17.7 Å². The lowest BCUT2D eigenvalue weighted by Crippen LogP contribution is -2.36. The third kappa shape index (κ3) is 2.80. The Morgan fingerprint density at radius 3 is 2.67 bits per heavy atom. The lowest BCUT2D eigenvalue weighted by Gasteiger charge is -2.27. The highest BCUT2D eigenvalue weighted by atomic mass is 19.1. The van der Waals surface area contributed by atoms with Crippen LogP contribution in [0.25, 0.3) is 0 Å². The van der Waals surface area contributed by atoms with E-state index in [2.05, 4.69) is 0 Å². The number of β-amino-alcohol motifs (C(OH)–C–C–N with tert-alkyl or cyclic N) is 1. The highest BCUT2D eigenvalue weighted by molar-refractivity contribution is 6.08. The fourth-order valence-electron chi connectivity index (χ4n) is 2.51. The molecule has 112 valence electrons. The Bertz CT molecular complexity index is 624. The van der Waals surface area contributed by atoms with Gasteiger partial charge < -0.3 is 15.1 Å². The van der Waals surface area contributed by atoms with Crippen LogP contribution in [0.3, 0.4) is 0 Å². The molecular formula is C15H16FNO4. The summed E-state index contributed by atoms with van der Waals surface area (Å²) in [5, 5.41) is 19.4. The number of hydrogen-bond donors (Lipinski definition) is 2. The number of carbonyl (C=O) groups excluding carboxylic acids is 2. The predicted octanol–water partition coefficient (Wildman–Crippen LogP) is 1.49. The molecule has 1 aromatic carbocycles. The van der Waals surface area contributed by atoms with Crippen molar-refractivity contribution >= 4 is 11.7 Å². The molecule has 0 radical (unpaired) electrons. The van der Waals surface area contributed by atoms with Gasteiger partial charge in [0.2, 0.25) is 0 Å². The molecule has 5 nitrogen and oxygen atoms in total. The summed E-state index contributed by atoms with van der Waals surface area (Å²) in [6.07, 6.45) is -0.843. The maximum Gasteiger partial charge on any atom is 0.290 e. The van der Waals surface area contributed by atoms with Crippen molar-refractivity contribution in [3.05, 3.63) is 47.0 Å². The summed E-state index contributed by atoms with van der Waals surface area (Å²) in [5.74, 6) is -2.36. The normalized spacial score (nSPS) is 20.1. The number of ketones is 1. The Morgan fingerprint density at radius 1 is 1.48 bits per heavy atom. The highest BCUT2D eigenvalue weighted by Crippen LogP contribution is 2.37. The largest absolute Gasteiger partial charge is 0.503 e. The van der Waals surface area contributed by atoms with Crippen molar-refractivity contribution < 1.29 is 24.2 Å².